The number of ether oxygens (including phenoxy) is 2. The highest BCUT2D eigenvalue weighted by Gasteiger charge is 2.22. The van der Waals surface area contributed by atoms with Crippen LogP contribution in [0.5, 0.6) is 11.5 Å². The quantitative estimate of drug-likeness (QED) is 0.734. The Labute approximate surface area is 139 Å². The third-order valence-corrected chi connectivity index (χ3v) is 4.50. The molecular weight excluding hydrogens is 306 g/mol. The summed E-state index contributed by atoms with van der Waals surface area (Å²) in [7, 11) is 3.32. The van der Waals surface area contributed by atoms with E-state index in [4.69, 9.17) is 9.47 Å². The summed E-state index contributed by atoms with van der Waals surface area (Å²) in [5.41, 5.74) is 3.30. The van der Waals surface area contributed by atoms with Gasteiger partial charge in [0.05, 0.1) is 14.2 Å². The van der Waals surface area contributed by atoms with Gasteiger partial charge in [0.25, 0.3) is 0 Å². The fraction of sp³-hybridized carbons (Fsp3) is 0.353. The molecule has 0 fully saturated rings. The summed E-state index contributed by atoms with van der Waals surface area (Å²) in [5.74, 6) is 3.25. The Morgan fingerprint density at radius 1 is 1.04 bits per heavy atom. The summed E-state index contributed by atoms with van der Waals surface area (Å²) in [5, 5.41) is 8.43. The number of methoxy groups -OCH3 is 2. The Morgan fingerprint density at radius 3 is 2.54 bits per heavy atom. The largest absolute Gasteiger partial charge is 0.493 e. The summed E-state index contributed by atoms with van der Waals surface area (Å²) in [6.45, 7) is 3.57. The Bertz CT molecular complexity index is 905. The first kappa shape index (κ1) is 14.7. The molecular formula is C17H19N5O2. The smallest absolute Gasteiger partial charge is 0.203 e. The average Bonchev–Trinajstić information content (AvgIpc) is 3.01. The first-order valence-corrected chi connectivity index (χ1v) is 7.86. The van der Waals surface area contributed by atoms with Crippen molar-refractivity contribution in [1.82, 2.24) is 19.6 Å². The standard InChI is InChI=1S/C17H19N5O2/c1-11-19-20-17-16(18-5-7-22(11)17)21-6-4-12-8-14(23-2)15(24-3)9-13(12)10-21/h5,7-9H,4,6,10H2,1-3H3. The number of fused-ring (bicyclic) bond motifs is 2. The zero-order valence-corrected chi connectivity index (χ0v) is 14.0. The lowest BCUT2D eigenvalue weighted by molar-refractivity contribution is 0.353. The molecule has 0 spiro atoms. The number of hydrogen-bond acceptors (Lipinski definition) is 6. The van der Waals surface area contributed by atoms with Crippen LogP contribution in [0.2, 0.25) is 0 Å². The zero-order valence-electron chi connectivity index (χ0n) is 14.0. The molecule has 0 unspecified atom stereocenters. The Morgan fingerprint density at radius 2 is 1.79 bits per heavy atom. The first-order chi connectivity index (χ1) is 11.7. The summed E-state index contributed by atoms with van der Waals surface area (Å²) < 4.78 is 12.8. The van der Waals surface area contributed by atoms with Crippen molar-refractivity contribution in [2.75, 3.05) is 25.7 Å². The van der Waals surface area contributed by atoms with Crippen molar-refractivity contribution in [3.8, 4) is 11.5 Å². The number of aromatic nitrogens is 4. The van der Waals surface area contributed by atoms with Crippen molar-refractivity contribution in [3.63, 3.8) is 0 Å². The summed E-state index contributed by atoms with van der Waals surface area (Å²) >= 11 is 0. The van der Waals surface area contributed by atoms with Gasteiger partial charge in [-0.15, -0.1) is 10.2 Å². The van der Waals surface area contributed by atoms with Crippen LogP contribution >= 0.6 is 0 Å². The second-order valence-electron chi connectivity index (χ2n) is 5.84. The van der Waals surface area contributed by atoms with Crippen molar-refractivity contribution in [2.45, 2.75) is 19.9 Å². The number of benzene rings is 1. The van der Waals surface area contributed by atoms with Crippen LogP contribution in [0.3, 0.4) is 0 Å². The molecule has 1 aliphatic rings. The second kappa shape index (κ2) is 5.67. The third kappa shape index (κ3) is 2.24. The van der Waals surface area contributed by atoms with Crippen molar-refractivity contribution < 1.29 is 9.47 Å². The van der Waals surface area contributed by atoms with Gasteiger partial charge >= 0.3 is 0 Å². The highest BCUT2D eigenvalue weighted by atomic mass is 16.5. The van der Waals surface area contributed by atoms with Crippen LogP contribution in [0, 0.1) is 6.92 Å². The zero-order chi connectivity index (χ0) is 16.7. The molecule has 0 N–H and O–H groups in total. The fourth-order valence-electron chi connectivity index (χ4n) is 3.22. The second-order valence-corrected chi connectivity index (χ2v) is 5.84. The van der Waals surface area contributed by atoms with Crippen LogP contribution in [0.1, 0.15) is 17.0 Å². The maximum Gasteiger partial charge on any atom is 0.203 e. The van der Waals surface area contributed by atoms with Crippen LogP contribution < -0.4 is 14.4 Å². The molecule has 0 radical (unpaired) electrons. The summed E-state index contributed by atoms with van der Waals surface area (Å²) in [4.78, 5) is 6.77. The molecule has 0 amide bonds. The molecule has 124 valence electrons. The normalized spacial score (nSPS) is 13.9. The molecule has 3 heterocycles. The van der Waals surface area contributed by atoms with E-state index in [9.17, 15) is 0 Å². The van der Waals surface area contributed by atoms with E-state index in [1.165, 1.54) is 11.1 Å². The van der Waals surface area contributed by atoms with Crippen molar-refractivity contribution >= 4 is 11.5 Å². The highest BCUT2D eigenvalue weighted by molar-refractivity contribution is 5.65. The van der Waals surface area contributed by atoms with Crippen LogP contribution in [0.25, 0.3) is 5.65 Å². The molecule has 0 bridgehead atoms. The van der Waals surface area contributed by atoms with E-state index in [1.807, 2.05) is 17.5 Å². The van der Waals surface area contributed by atoms with E-state index < -0.39 is 0 Å². The predicted molar refractivity (Wildman–Crippen MR) is 89.8 cm³/mol. The highest BCUT2D eigenvalue weighted by Crippen LogP contribution is 2.34. The maximum absolute atomic E-state index is 5.43. The van der Waals surface area contributed by atoms with Crippen LogP contribution in [0.4, 0.5) is 5.82 Å². The molecule has 0 atom stereocenters. The number of anilines is 1. The molecule has 2 aromatic heterocycles. The SMILES string of the molecule is COc1cc2c(cc1OC)CN(c1nccn3c(C)nnc13)CC2. The summed E-state index contributed by atoms with van der Waals surface area (Å²) in [6.07, 6.45) is 4.61. The minimum atomic E-state index is 0.752. The molecule has 1 aliphatic heterocycles. The van der Waals surface area contributed by atoms with E-state index in [0.29, 0.717) is 0 Å². The Balaban J connectivity index is 1.73. The third-order valence-electron chi connectivity index (χ3n) is 4.50. The predicted octanol–water partition coefficient (Wildman–Crippen LogP) is 2.01. The van der Waals surface area contributed by atoms with Gasteiger partial charge in [-0.25, -0.2) is 4.98 Å². The number of rotatable bonds is 3. The minimum absolute atomic E-state index is 0.752. The Kier molecular flexibility index (Phi) is 3.48. The topological polar surface area (TPSA) is 64.8 Å². The minimum Gasteiger partial charge on any atom is -0.493 e. The van der Waals surface area contributed by atoms with Crippen molar-refractivity contribution in [1.29, 1.82) is 0 Å². The van der Waals surface area contributed by atoms with Gasteiger partial charge in [-0.2, -0.15) is 0 Å². The van der Waals surface area contributed by atoms with Crippen molar-refractivity contribution in [2.24, 2.45) is 0 Å². The van der Waals surface area contributed by atoms with Crippen LogP contribution in [-0.4, -0.2) is 40.3 Å². The van der Waals surface area contributed by atoms with Gasteiger partial charge in [0.1, 0.15) is 5.82 Å². The lowest BCUT2D eigenvalue weighted by Gasteiger charge is -2.30. The number of aryl methyl sites for hydroxylation is 1. The average molecular weight is 325 g/mol. The number of nitrogens with zero attached hydrogens (tertiary/aromatic N) is 5. The van der Waals surface area contributed by atoms with Gasteiger partial charge < -0.3 is 14.4 Å². The van der Waals surface area contributed by atoms with E-state index in [-0.39, 0.29) is 0 Å². The van der Waals surface area contributed by atoms with E-state index in [1.54, 1.807) is 20.4 Å². The van der Waals surface area contributed by atoms with Gasteiger partial charge in [0.15, 0.2) is 17.3 Å². The maximum atomic E-state index is 5.43. The monoisotopic (exact) mass is 325 g/mol. The van der Waals surface area contributed by atoms with Gasteiger partial charge in [-0.3, -0.25) is 4.40 Å². The Hall–Kier alpha value is -2.83. The molecule has 0 saturated carbocycles. The van der Waals surface area contributed by atoms with Crippen molar-refractivity contribution in [3.05, 3.63) is 41.5 Å². The fourth-order valence-corrected chi connectivity index (χ4v) is 3.22. The molecule has 7 heteroatoms. The van der Waals surface area contributed by atoms with Crippen LogP contribution in [-0.2, 0) is 13.0 Å². The molecule has 0 aliphatic carbocycles. The summed E-state index contributed by atoms with van der Waals surface area (Å²) in [6, 6.07) is 4.12. The van der Waals surface area contributed by atoms with Gasteiger partial charge in [0.2, 0.25) is 5.65 Å². The first-order valence-electron chi connectivity index (χ1n) is 7.86. The number of hydrogen-bond donors (Lipinski definition) is 0. The molecule has 7 nitrogen and oxygen atoms in total. The molecule has 1 aromatic carbocycles. The molecule has 24 heavy (non-hydrogen) atoms. The van der Waals surface area contributed by atoms with Gasteiger partial charge in [0, 0.05) is 25.5 Å². The van der Waals surface area contributed by atoms with Gasteiger partial charge in [-0.05, 0) is 36.6 Å². The lowest BCUT2D eigenvalue weighted by atomic mass is 9.99. The molecule has 0 saturated heterocycles. The lowest BCUT2D eigenvalue weighted by Crippen LogP contribution is -2.31. The van der Waals surface area contributed by atoms with E-state index in [2.05, 4.69) is 32.2 Å². The van der Waals surface area contributed by atoms with Gasteiger partial charge in [-0.1, -0.05) is 0 Å². The molecule has 3 aromatic rings. The van der Waals surface area contributed by atoms with Crippen LogP contribution in [0.15, 0.2) is 24.5 Å². The van der Waals surface area contributed by atoms with E-state index in [0.717, 1.165) is 48.3 Å². The van der Waals surface area contributed by atoms with E-state index >= 15 is 0 Å². The molecule has 4 rings (SSSR count).